The number of aromatic nitrogens is 2. The minimum Gasteiger partial charge on any atom is -0.444 e. The summed E-state index contributed by atoms with van der Waals surface area (Å²) in [4.78, 5) is 11.3. The van der Waals surface area contributed by atoms with Crippen molar-refractivity contribution in [1.29, 1.82) is 0 Å². The lowest BCUT2D eigenvalue weighted by Gasteiger charge is -2.19. The predicted molar refractivity (Wildman–Crippen MR) is 57.5 cm³/mol. The zero-order valence-electron chi connectivity index (χ0n) is 8.00. The molecular formula is C7H10BrN3O2S. The summed E-state index contributed by atoms with van der Waals surface area (Å²) >= 11 is 4.22. The molecule has 0 bridgehead atoms. The number of anilines is 1. The Morgan fingerprint density at radius 2 is 2.21 bits per heavy atom. The van der Waals surface area contributed by atoms with E-state index in [9.17, 15) is 4.79 Å². The highest BCUT2D eigenvalue weighted by atomic mass is 79.9. The van der Waals surface area contributed by atoms with E-state index in [1.54, 1.807) is 20.8 Å². The largest absolute Gasteiger partial charge is 0.444 e. The fraction of sp³-hybridized carbons (Fsp3) is 0.571. The van der Waals surface area contributed by atoms with Crippen LogP contribution in [0.15, 0.2) is 4.60 Å². The van der Waals surface area contributed by atoms with Crippen molar-refractivity contribution in [3.8, 4) is 0 Å². The van der Waals surface area contributed by atoms with Crippen LogP contribution in [0.25, 0.3) is 0 Å². The number of nitrogens with one attached hydrogen (secondary N) is 1. The van der Waals surface area contributed by atoms with E-state index in [4.69, 9.17) is 4.74 Å². The normalized spacial score (nSPS) is 11.1. The number of hydrogen-bond acceptors (Lipinski definition) is 5. The molecule has 0 fully saturated rings. The number of hydrogen-bond donors (Lipinski definition) is 1. The summed E-state index contributed by atoms with van der Waals surface area (Å²) in [7, 11) is 0. The number of rotatable bonds is 1. The summed E-state index contributed by atoms with van der Waals surface area (Å²) in [5.74, 6) is 0. The van der Waals surface area contributed by atoms with Gasteiger partial charge in [0, 0.05) is 11.5 Å². The highest BCUT2D eigenvalue weighted by Gasteiger charge is 2.17. The Morgan fingerprint density at radius 1 is 1.57 bits per heavy atom. The summed E-state index contributed by atoms with van der Waals surface area (Å²) < 4.78 is 9.20. The number of carbonyl (C=O) groups is 1. The first-order valence-electron chi connectivity index (χ1n) is 3.86. The van der Waals surface area contributed by atoms with Crippen molar-refractivity contribution in [2.24, 2.45) is 0 Å². The Kier molecular flexibility index (Phi) is 3.43. The molecule has 1 N–H and O–H groups in total. The first-order valence-corrected chi connectivity index (χ1v) is 5.43. The molecule has 0 saturated carbocycles. The average molecular weight is 280 g/mol. The van der Waals surface area contributed by atoms with Gasteiger partial charge in [-0.15, -0.1) is 5.10 Å². The minimum atomic E-state index is -0.510. The lowest BCUT2D eigenvalue weighted by molar-refractivity contribution is 0.0636. The van der Waals surface area contributed by atoms with Crippen LogP contribution in [-0.2, 0) is 4.74 Å². The van der Waals surface area contributed by atoms with Crippen molar-refractivity contribution in [3.05, 3.63) is 4.60 Å². The van der Waals surface area contributed by atoms with E-state index in [-0.39, 0.29) is 0 Å². The van der Waals surface area contributed by atoms with Crippen LogP contribution in [0, 0.1) is 0 Å². The van der Waals surface area contributed by atoms with Gasteiger partial charge in [0.15, 0.2) is 9.60 Å². The second-order valence-corrected chi connectivity index (χ2v) is 5.03. The maximum Gasteiger partial charge on any atom is 0.412 e. The Hall–Kier alpha value is -0.690. The fourth-order valence-electron chi connectivity index (χ4n) is 0.651. The van der Waals surface area contributed by atoms with E-state index >= 15 is 0 Å². The van der Waals surface area contributed by atoms with Crippen LogP contribution in [0.5, 0.6) is 0 Å². The van der Waals surface area contributed by atoms with Crippen molar-refractivity contribution in [2.75, 3.05) is 5.32 Å². The Balaban J connectivity index is 2.54. The van der Waals surface area contributed by atoms with Crippen LogP contribution in [0.2, 0.25) is 0 Å². The molecule has 0 aliphatic heterocycles. The second-order valence-electron chi connectivity index (χ2n) is 3.52. The van der Waals surface area contributed by atoms with Crippen LogP contribution in [-0.4, -0.2) is 21.3 Å². The second kappa shape index (κ2) is 4.22. The highest BCUT2D eigenvalue weighted by Crippen LogP contribution is 2.23. The molecule has 1 rings (SSSR count). The van der Waals surface area contributed by atoms with Gasteiger partial charge in [0.1, 0.15) is 5.60 Å². The van der Waals surface area contributed by atoms with Gasteiger partial charge in [0.2, 0.25) is 0 Å². The number of carbonyl (C=O) groups excluding carboxylic acids is 1. The Morgan fingerprint density at radius 3 is 2.64 bits per heavy atom. The Labute approximate surface area is 94.1 Å². The van der Waals surface area contributed by atoms with Gasteiger partial charge >= 0.3 is 6.09 Å². The van der Waals surface area contributed by atoms with Gasteiger partial charge in [-0.1, -0.05) is 4.49 Å². The summed E-state index contributed by atoms with van der Waals surface area (Å²) in [6.45, 7) is 5.39. The molecule has 0 radical (unpaired) electrons. The fourth-order valence-corrected chi connectivity index (χ4v) is 1.60. The van der Waals surface area contributed by atoms with E-state index in [1.807, 2.05) is 0 Å². The van der Waals surface area contributed by atoms with Crippen LogP contribution in [0.3, 0.4) is 0 Å². The van der Waals surface area contributed by atoms with E-state index < -0.39 is 11.7 Å². The number of amides is 1. The maximum absolute atomic E-state index is 11.3. The number of nitrogens with zero attached hydrogens (tertiary/aromatic N) is 2. The van der Waals surface area contributed by atoms with Crippen molar-refractivity contribution >= 4 is 38.6 Å². The quantitative estimate of drug-likeness (QED) is 0.858. The molecule has 0 aliphatic rings. The smallest absolute Gasteiger partial charge is 0.412 e. The highest BCUT2D eigenvalue weighted by molar-refractivity contribution is 9.10. The molecule has 1 heterocycles. The van der Waals surface area contributed by atoms with Crippen LogP contribution in [0.4, 0.5) is 9.80 Å². The van der Waals surface area contributed by atoms with E-state index in [1.165, 1.54) is 0 Å². The summed E-state index contributed by atoms with van der Waals surface area (Å²) in [6.07, 6.45) is -0.510. The van der Waals surface area contributed by atoms with E-state index in [0.717, 1.165) is 11.5 Å². The van der Waals surface area contributed by atoms with Gasteiger partial charge in [-0.2, -0.15) is 0 Å². The van der Waals surface area contributed by atoms with Crippen LogP contribution in [0.1, 0.15) is 20.8 Å². The molecule has 0 saturated heterocycles. The van der Waals surface area contributed by atoms with E-state index in [0.29, 0.717) is 9.60 Å². The van der Waals surface area contributed by atoms with Crippen LogP contribution >= 0.6 is 27.5 Å². The van der Waals surface area contributed by atoms with Gasteiger partial charge in [-0.3, -0.25) is 5.32 Å². The molecule has 0 atom stereocenters. The monoisotopic (exact) mass is 279 g/mol. The summed E-state index contributed by atoms with van der Waals surface area (Å²) in [5.41, 5.74) is -0.505. The van der Waals surface area contributed by atoms with Crippen molar-refractivity contribution in [3.63, 3.8) is 0 Å². The molecule has 0 spiro atoms. The van der Waals surface area contributed by atoms with Crippen LogP contribution < -0.4 is 5.32 Å². The molecule has 0 aromatic carbocycles. The first-order chi connectivity index (χ1) is 6.38. The third kappa shape index (κ3) is 3.59. The molecule has 7 heteroatoms. The van der Waals surface area contributed by atoms with Gasteiger partial charge < -0.3 is 4.74 Å². The van der Waals surface area contributed by atoms with Crippen molar-refractivity contribution in [1.82, 2.24) is 9.59 Å². The zero-order valence-corrected chi connectivity index (χ0v) is 10.4. The molecule has 1 aromatic heterocycles. The average Bonchev–Trinajstić information content (AvgIpc) is 2.32. The standard InChI is InChI=1S/C7H10BrN3O2S/c1-7(2,3)13-6(12)9-5-4(8)10-11-14-5/h1-3H3,(H,9,12). The molecule has 14 heavy (non-hydrogen) atoms. The molecule has 78 valence electrons. The predicted octanol–water partition coefficient (Wildman–Crippen LogP) is 2.65. The summed E-state index contributed by atoms with van der Waals surface area (Å²) in [6, 6.07) is 0. The maximum atomic E-state index is 11.3. The molecule has 1 amide bonds. The van der Waals surface area contributed by atoms with Gasteiger partial charge in [-0.05, 0) is 36.7 Å². The molecule has 1 aromatic rings. The zero-order chi connectivity index (χ0) is 10.8. The number of ether oxygens (including phenoxy) is 1. The SMILES string of the molecule is CC(C)(C)OC(=O)Nc1snnc1Br. The lowest BCUT2D eigenvalue weighted by Crippen LogP contribution is -2.27. The molecule has 0 unspecified atom stereocenters. The molecule has 0 aliphatic carbocycles. The van der Waals surface area contributed by atoms with Crippen molar-refractivity contribution in [2.45, 2.75) is 26.4 Å². The summed E-state index contributed by atoms with van der Waals surface area (Å²) in [5, 5.41) is 6.75. The molecular weight excluding hydrogens is 270 g/mol. The van der Waals surface area contributed by atoms with Gasteiger partial charge in [0.25, 0.3) is 0 Å². The molecule has 5 nitrogen and oxygen atoms in total. The lowest BCUT2D eigenvalue weighted by atomic mass is 10.2. The Bertz CT molecular complexity index is 334. The topological polar surface area (TPSA) is 64.1 Å². The van der Waals surface area contributed by atoms with Crippen molar-refractivity contribution < 1.29 is 9.53 Å². The third-order valence-corrected chi connectivity index (χ3v) is 2.52. The van der Waals surface area contributed by atoms with Gasteiger partial charge in [0.05, 0.1) is 0 Å². The third-order valence-electron chi connectivity index (χ3n) is 1.06. The van der Waals surface area contributed by atoms with E-state index in [2.05, 4.69) is 30.8 Å². The van der Waals surface area contributed by atoms with Gasteiger partial charge in [-0.25, -0.2) is 4.79 Å². The minimum absolute atomic E-state index is 0.505. The first kappa shape index (κ1) is 11.4. The number of halogens is 1.